The number of benzene rings is 2. The van der Waals surface area contributed by atoms with Gasteiger partial charge in [-0.25, -0.2) is 4.39 Å². The monoisotopic (exact) mass is 242 g/mol. The normalized spacial score (nSPS) is 9.78. The Balaban J connectivity index is 2.22. The van der Waals surface area contributed by atoms with Crippen molar-refractivity contribution in [2.75, 3.05) is 5.73 Å². The Bertz CT molecular complexity index is 588. The van der Waals surface area contributed by atoms with Crippen LogP contribution in [-0.4, -0.2) is 0 Å². The molecule has 3 nitrogen and oxygen atoms in total. The fourth-order valence-electron chi connectivity index (χ4n) is 1.52. The number of nitrogens with zero attached hydrogens (tertiary/aromatic N) is 1. The van der Waals surface area contributed by atoms with Crippen LogP contribution in [0.4, 0.5) is 10.1 Å². The van der Waals surface area contributed by atoms with Crippen molar-refractivity contribution in [2.24, 2.45) is 0 Å². The van der Waals surface area contributed by atoms with Gasteiger partial charge in [-0.15, -0.1) is 0 Å². The van der Waals surface area contributed by atoms with Crippen LogP contribution < -0.4 is 10.5 Å². The third-order valence-corrected chi connectivity index (χ3v) is 2.43. The molecule has 0 spiro atoms. The van der Waals surface area contributed by atoms with Gasteiger partial charge in [-0.2, -0.15) is 5.26 Å². The number of hydrogen-bond donors (Lipinski definition) is 1. The van der Waals surface area contributed by atoms with E-state index >= 15 is 0 Å². The van der Waals surface area contributed by atoms with E-state index in [0.717, 1.165) is 5.56 Å². The van der Waals surface area contributed by atoms with E-state index in [-0.39, 0.29) is 12.2 Å². The van der Waals surface area contributed by atoms with Gasteiger partial charge in [-0.1, -0.05) is 0 Å². The van der Waals surface area contributed by atoms with E-state index in [9.17, 15) is 4.39 Å². The van der Waals surface area contributed by atoms with Crippen LogP contribution >= 0.6 is 0 Å². The number of halogens is 1. The van der Waals surface area contributed by atoms with Crippen molar-refractivity contribution < 1.29 is 9.13 Å². The standard InChI is InChI=1S/C14H11FN2O/c15-11-1-3-12(4-2-11)18-13-5-6-14(17)10(9-13)7-8-16/h1-6,9H,7,17H2. The molecule has 0 aliphatic carbocycles. The zero-order chi connectivity index (χ0) is 13.0. The SMILES string of the molecule is N#CCc1cc(Oc2ccc(F)cc2)ccc1N. The molecule has 0 heterocycles. The number of anilines is 1. The second kappa shape index (κ2) is 5.19. The molecule has 0 aliphatic rings. The van der Waals surface area contributed by atoms with Crippen molar-refractivity contribution in [1.29, 1.82) is 5.26 Å². The summed E-state index contributed by atoms with van der Waals surface area (Å²) in [6.45, 7) is 0. The largest absolute Gasteiger partial charge is 0.457 e. The highest BCUT2D eigenvalue weighted by Gasteiger charge is 2.03. The van der Waals surface area contributed by atoms with Crippen LogP contribution in [0.2, 0.25) is 0 Å². The lowest BCUT2D eigenvalue weighted by Crippen LogP contribution is -1.94. The summed E-state index contributed by atoms with van der Waals surface area (Å²) in [6.07, 6.45) is 0.229. The lowest BCUT2D eigenvalue weighted by Gasteiger charge is -2.08. The van der Waals surface area contributed by atoms with E-state index in [0.29, 0.717) is 17.2 Å². The second-order valence-electron chi connectivity index (χ2n) is 3.75. The minimum Gasteiger partial charge on any atom is -0.457 e. The minimum atomic E-state index is -0.315. The lowest BCUT2D eigenvalue weighted by molar-refractivity contribution is 0.480. The molecule has 2 aromatic carbocycles. The summed E-state index contributed by atoms with van der Waals surface area (Å²) in [7, 11) is 0. The summed E-state index contributed by atoms with van der Waals surface area (Å²) in [5, 5.41) is 8.67. The van der Waals surface area contributed by atoms with Gasteiger partial charge in [0.15, 0.2) is 0 Å². The summed E-state index contributed by atoms with van der Waals surface area (Å²) in [6, 6.07) is 12.9. The summed E-state index contributed by atoms with van der Waals surface area (Å²) >= 11 is 0. The summed E-state index contributed by atoms with van der Waals surface area (Å²) in [4.78, 5) is 0. The van der Waals surface area contributed by atoms with Crippen LogP contribution in [0.25, 0.3) is 0 Å². The lowest BCUT2D eigenvalue weighted by atomic mass is 10.1. The quantitative estimate of drug-likeness (QED) is 0.840. The average molecular weight is 242 g/mol. The fraction of sp³-hybridized carbons (Fsp3) is 0.0714. The van der Waals surface area contributed by atoms with Gasteiger partial charge in [-0.05, 0) is 48.0 Å². The van der Waals surface area contributed by atoms with Crippen molar-refractivity contribution in [3.63, 3.8) is 0 Å². The predicted molar refractivity (Wildman–Crippen MR) is 66.6 cm³/mol. The summed E-state index contributed by atoms with van der Waals surface area (Å²) in [5.74, 6) is 0.787. The topological polar surface area (TPSA) is 59.0 Å². The van der Waals surface area contributed by atoms with Gasteiger partial charge >= 0.3 is 0 Å². The summed E-state index contributed by atoms with van der Waals surface area (Å²) in [5.41, 5.74) is 7.01. The van der Waals surface area contributed by atoms with Crippen molar-refractivity contribution in [1.82, 2.24) is 0 Å². The van der Waals surface area contributed by atoms with Crippen molar-refractivity contribution in [3.8, 4) is 17.6 Å². The molecule has 4 heteroatoms. The van der Waals surface area contributed by atoms with Gasteiger partial charge in [0.2, 0.25) is 0 Å². The molecule has 0 saturated heterocycles. The molecule has 0 fully saturated rings. The molecule has 0 saturated carbocycles. The number of ether oxygens (including phenoxy) is 1. The smallest absolute Gasteiger partial charge is 0.127 e. The first-order chi connectivity index (χ1) is 8.69. The first kappa shape index (κ1) is 11.9. The first-order valence-electron chi connectivity index (χ1n) is 5.38. The first-order valence-corrected chi connectivity index (χ1v) is 5.38. The Kier molecular flexibility index (Phi) is 3.44. The maximum atomic E-state index is 12.7. The zero-order valence-electron chi connectivity index (χ0n) is 9.56. The molecular formula is C14H11FN2O. The van der Waals surface area contributed by atoms with E-state index < -0.39 is 0 Å². The zero-order valence-corrected chi connectivity index (χ0v) is 9.56. The molecule has 0 unspecified atom stereocenters. The van der Waals surface area contributed by atoms with Crippen LogP contribution in [-0.2, 0) is 6.42 Å². The molecule has 2 aromatic rings. The highest BCUT2D eigenvalue weighted by Crippen LogP contribution is 2.25. The highest BCUT2D eigenvalue weighted by molar-refractivity contribution is 5.52. The van der Waals surface area contributed by atoms with Gasteiger partial charge in [0.1, 0.15) is 17.3 Å². The van der Waals surface area contributed by atoms with Crippen LogP contribution in [0.5, 0.6) is 11.5 Å². The van der Waals surface area contributed by atoms with Gasteiger partial charge in [-0.3, -0.25) is 0 Å². The number of nitrogen functional groups attached to an aromatic ring is 1. The maximum absolute atomic E-state index is 12.7. The Morgan fingerprint density at radius 2 is 1.78 bits per heavy atom. The maximum Gasteiger partial charge on any atom is 0.127 e. The molecule has 0 atom stereocenters. The van der Waals surface area contributed by atoms with Crippen LogP contribution in [0.1, 0.15) is 5.56 Å². The molecular weight excluding hydrogens is 231 g/mol. The molecule has 90 valence electrons. The highest BCUT2D eigenvalue weighted by atomic mass is 19.1. The van der Waals surface area contributed by atoms with E-state index in [4.69, 9.17) is 15.7 Å². The minimum absolute atomic E-state index is 0.229. The van der Waals surface area contributed by atoms with Crippen molar-refractivity contribution in [3.05, 3.63) is 53.8 Å². The third-order valence-electron chi connectivity index (χ3n) is 2.43. The van der Waals surface area contributed by atoms with Crippen molar-refractivity contribution >= 4 is 5.69 Å². The molecule has 0 aromatic heterocycles. The average Bonchev–Trinajstić information content (AvgIpc) is 2.37. The molecule has 2 rings (SSSR count). The van der Waals surface area contributed by atoms with E-state index in [1.807, 2.05) is 6.07 Å². The molecule has 2 N–H and O–H groups in total. The molecule has 0 bridgehead atoms. The van der Waals surface area contributed by atoms with E-state index in [1.165, 1.54) is 24.3 Å². The van der Waals surface area contributed by atoms with E-state index in [1.54, 1.807) is 18.2 Å². The number of nitrogens with two attached hydrogens (primary N) is 1. The molecule has 18 heavy (non-hydrogen) atoms. The van der Waals surface area contributed by atoms with E-state index in [2.05, 4.69) is 0 Å². The molecule has 0 amide bonds. The third kappa shape index (κ3) is 2.77. The van der Waals surface area contributed by atoms with Crippen LogP contribution in [0.15, 0.2) is 42.5 Å². The van der Waals surface area contributed by atoms with Gasteiger partial charge in [0, 0.05) is 5.69 Å². The van der Waals surface area contributed by atoms with Crippen molar-refractivity contribution in [2.45, 2.75) is 6.42 Å². The number of rotatable bonds is 3. The van der Waals surface area contributed by atoms with Crippen LogP contribution in [0.3, 0.4) is 0 Å². The number of hydrogen-bond acceptors (Lipinski definition) is 3. The fourth-order valence-corrected chi connectivity index (χ4v) is 1.52. The Labute approximate surface area is 104 Å². The van der Waals surface area contributed by atoms with Gasteiger partial charge in [0.05, 0.1) is 12.5 Å². The molecule has 0 aliphatic heterocycles. The number of nitriles is 1. The Morgan fingerprint density at radius 1 is 1.11 bits per heavy atom. The van der Waals surface area contributed by atoms with Gasteiger partial charge in [0.25, 0.3) is 0 Å². The molecule has 0 radical (unpaired) electrons. The van der Waals surface area contributed by atoms with Crippen LogP contribution in [0, 0.1) is 17.1 Å². The Morgan fingerprint density at radius 3 is 2.44 bits per heavy atom. The predicted octanol–water partition coefficient (Wildman–Crippen LogP) is 3.27. The second-order valence-corrected chi connectivity index (χ2v) is 3.75. The summed E-state index contributed by atoms with van der Waals surface area (Å²) < 4.78 is 18.3. The Hall–Kier alpha value is -2.54. The van der Waals surface area contributed by atoms with Gasteiger partial charge < -0.3 is 10.5 Å².